The topological polar surface area (TPSA) is 12.5 Å². The predicted octanol–water partition coefficient (Wildman–Crippen LogP) is 5.03. The predicted molar refractivity (Wildman–Crippen MR) is 106 cm³/mol. The van der Waals surface area contributed by atoms with Gasteiger partial charge in [0.2, 0.25) is 0 Å². The number of hydrogen-bond acceptors (Lipinski definition) is 2. The summed E-state index contributed by atoms with van der Waals surface area (Å²) in [6, 6.07) is 17.6. The lowest BCUT2D eigenvalue weighted by atomic mass is 9.72. The minimum absolute atomic E-state index is 0. The summed E-state index contributed by atoms with van der Waals surface area (Å²) < 4.78 is 5.41. The molecule has 0 saturated carbocycles. The molecule has 2 aliphatic rings. The van der Waals surface area contributed by atoms with Crippen LogP contribution in [0, 0.1) is 0 Å². The highest BCUT2D eigenvalue weighted by atomic mass is 35.5. The van der Waals surface area contributed by atoms with Crippen LogP contribution in [0.2, 0.25) is 0 Å². The Labute approximate surface area is 157 Å². The molecule has 4 rings (SSSR count). The third-order valence-corrected chi connectivity index (χ3v) is 6.00. The molecule has 1 unspecified atom stereocenters. The molecular formula is C22H28ClNO. The zero-order chi connectivity index (χ0) is 16.4. The van der Waals surface area contributed by atoms with Gasteiger partial charge in [0, 0.05) is 12.1 Å². The lowest BCUT2D eigenvalue weighted by Crippen LogP contribution is -2.54. The largest absolute Gasteiger partial charge is 0.497 e. The highest BCUT2D eigenvalue weighted by Crippen LogP contribution is 2.41. The van der Waals surface area contributed by atoms with Gasteiger partial charge in [-0.2, -0.15) is 0 Å². The van der Waals surface area contributed by atoms with Crippen molar-refractivity contribution in [1.82, 2.24) is 4.90 Å². The molecule has 134 valence electrons. The smallest absolute Gasteiger partial charge is 0.119 e. The average Bonchev–Trinajstić information content (AvgIpc) is 2.64. The number of piperidine rings is 1. The number of halogens is 1. The summed E-state index contributed by atoms with van der Waals surface area (Å²) in [5.41, 5.74) is 4.82. The van der Waals surface area contributed by atoms with Crippen LogP contribution in [0.5, 0.6) is 5.75 Å². The molecule has 1 aliphatic carbocycles. The van der Waals surface area contributed by atoms with Gasteiger partial charge in [-0.15, -0.1) is 12.4 Å². The first-order valence-electron chi connectivity index (χ1n) is 9.24. The van der Waals surface area contributed by atoms with Gasteiger partial charge in [0.1, 0.15) is 5.75 Å². The van der Waals surface area contributed by atoms with E-state index in [2.05, 4.69) is 53.4 Å². The molecule has 0 N–H and O–H groups in total. The fourth-order valence-electron chi connectivity index (χ4n) is 4.63. The zero-order valence-electron chi connectivity index (χ0n) is 15.0. The SMILES string of the molecule is COc1ccc2c(c1)CCC1(CCCCN1Cc1ccccc1)C2.Cl. The second-order valence-electron chi connectivity index (χ2n) is 7.40. The number of hydrogen-bond donors (Lipinski definition) is 0. The van der Waals surface area contributed by atoms with Gasteiger partial charge in [0.15, 0.2) is 0 Å². The van der Waals surface area contributed by atoms with Crippen molar-refractivity contribution >= 4 is 12.4 Å². The second kappa shape index (κ2) is 7.80. The summed E-state index contributed by atoms with van der Waals surface area (Å²) in [4.78, 5) is 2.78. The van der Waals surface area contributed by atoms with E-state index in [0.717, 1.165) is 12.3 Å². The van der Waals surface area contributed by atoms with Gasteiger partial charge in [-0.1, -0.05) is 42.8 Å². The van der Waals surface area contributed by atoms with E-state index in [4.69, 9.17) is 4.74 Å². The number of methoxy groups -OCH3 is 1. The Kier molecular flexibility index (Phi) is 5.71. The Bertz CT molecular complexity index is 702. The van der Waals surface area contributed by atoms with Gasteiger partial charge in [-0.05, 0) is 67.5 Å². The van der Waals surface area contributed by atoms with Crippen LogP contribution in [0.3, 0.4) is 0 Å². The summed E-state index contributed by atoms with van der Waals surface area (Å²) >= 11 is 0. The summed E-state index contributed by atoms with van der Waals surface area (Å²) in [5, 5.41) is 0. The number of ether oxygens (including phenoxy) is 1. The van der Waals surface area contributed by atoms with Gasteiger partial charge in [-0.3, -0.25) is 4.90 Å². The molecule has 0 aromatic heterocycles. The molecule has 2 nitrogen and oxygen atoms in total. The molecule has 3 heteroatoms. The maximum Gasteiger partial charge on any atom is 0.119 e. The van der Waals surface area contributed by atoms with E-state index in [1.165, 1.54) is 61.8 Å². The fourth-order valence-corrected chi connectivity index (χ4v) is 4.63. The van der Waals surface area contributed by atoms with Crippen LogP contribution in [0.25, 0.3) is 0 Å². The number of nitrogens with zero attached hydrogens (tertiary/aromatic N) is 1. The van der Waals surface area contributed by atoms with E-state index in [1.807, 2.05) is 0 Å². The fraction of sp³-hybridized carbons (Fsp3) is 0.455. The second-order valence-corrected chi connectivity index (χ2v) is 7.40. The van der Waals surface area contributed by atoms with Crippen molar-refractivity contribution in [2.45, 2.75) is 50.6 Å². The molecule has 0 bridgehead atoms. The van der Waals surface area contributed by atoms with Crippen molar-refractivity contribution in [3.8, 4) is 5.75 Å². The standard InChI is InChI=1S/C22H27NO.ClH/c1-24-21-10-9-20-16-22(13-11-19(20)15-21)12-5-6-14-23(22)17-18-7-3-2-4-8-18;/h2-4,7-10,15H,5-6,11-14,16-17H2,1H3;1H. The van der Waals surface area contributed by atoms with Crippen LogP contribution in [0.4, 0.5) is 0 Å². The van der Waals surface area contributed by atoms with Gasteiger partial charge in [0.25, 0.3) is 0 Å². The van der Waals surface area contributed by atoms with E-state index >= 15 is 0 Å². The molecule has 1 fully saturated rings. The van der Waals surface area contributed by atoms with E-state index < -0.39 is 0 Å². The van der Waals surface area contributed by atoms with Crippen molar-refractivity contribution in [3.05, 3.63) is 65.2 Å². The van der Waals surface area contributed by atoms with Crippen LogP contribution in [0.15, 0.2) is 48.5 Å². The van der Waals surface area contributed by atoms with Gasteiger partial charge in [-0.25, -0.2) is 0 Å². The van der Waals surface area contributed by atoms with Crippen LogP contribution in [0.1, 0.15) is 42.4 Å². The van der Waals surface area contributed by atoms with Crippen molar-refractivity contribution in [3.63, 3.8) is 0 Å². The minimum Gasteiger partial charge on any atom is -0.497 e. The highest BCUT2D eigenvalue weighted by molar-refractivity contribution is 5.85. The molecule has 1 aliphatic heterocycles. The van der Waals surface area contributed by atoms with Crippen LogP contribution < -0.4 is 4.74 Å². The summed E-state index contributed by atoms with van der Waals surface area (Å²) in [6.07, 6.45) is 7.70. The Balaban J connectivity index is 0.00000182. The zero-order valence-corrected chi connectivity index (χ0v) is 15.9. The van der Waals surface area contributed by atoms with Crippen LogP contribution >= 0.6 is 12.4 Å². The maximum absolute atomic E-state index is 5.41. The van der Waals surface area contributed by atoms with E-state index in [-0.39, 0.29) is 12.4 Å². The molecule has 25 heavy (non-hydrogen) atoms. The summed E-state index contributed by atoms with van der Waals surface area (Å²) in [5.74, 6) is 0.995. The van der Waals surface area contributed by atoms with Gasteiger partial charge in [0.05, 0.1) is 7.11 Å². The lowest BCUT2D eigenvalue weighted by Gasteiger charge is -2.50. The molecule has 0 radical (unpaired) electrons. The van der Waals surface area contributed by atoms with E-state index in [9.17, 15) is 0 Å². The van der Waals surface area contributed by atoms with Crippen LogP contribution in [-0.4, -0.2) is 24.1 Å². The average molecular weight is 358 g/mol. The molecule has 1 saturated heterocycles. The first-order chi connectivity index (χ1) is 11.8. The molecule has 2 aromatic carbocycles. The first-order valence-corrected chi connectivity index (χ1v) is 9.24. The van der Waals surface area contributed by atoms with Gasteiger partial charge < -0.3 is 4.74 Å². The Hall–Kier alpha value is -1.51. The van der Waals surface area contributed by atoms with Crippen molar-refractivity contribution in [1.29, 1.82) is 0 Å². The quantitative estimate of drug-likeness (QED) is 0.763. The molecule has 1 heterocycles. The van der Waals surface area contributed by atoms with E-state index in [1.54, 1.807) is 7.11 Å². The minimum atomic E-state index is 0. The number of rotatable bonds is 3. The van der Waals surface area contributed by atoms with E-state index in [0.29, 0.717) is 5.54 Å². The summed E-state index contributed by atoms with van der Waals surface area (Å²) in [6.45, 7) is 2.33. The Morgan fingerprint density at radius 1 is 1.00 bits per heavy atom. The van der Waals surface area contributed by atoms with Gasteiger partial charge >= 0.3 is 0 Å². The Morgan fingerprint density at radius 2 is 1.84 bits per heavy atom. The van der Waals surface area contributed by atoms with Crippen molar-refractivity contribution < 1.29 is 4.74 Å². The molecular weight excluding hydrogens is 330 g/mol. The number of fused-ring (bicyclic) bond motifs is 1. The maximum atomic E-state index is 5.41. The number of benzene rings is 2. The van der Waals surface area contributed by atoms with Crippen molar-refractivity contribution in [2.24, 2.45) is 0 Å². The Morgan fingerprint density at radius 3 is 2.64 bits per heavy atom. The third kappa shape index (κ3) is 3.70. The van der Waals surface area contributed by atoms with Crippen molar-refractivity contribution in [2.75, 3.05) is 13.7 Å². The molecule has 1 atom stereocenters. The van der Waals surface area contributed by atoms with Crippen LogP contribution in [-0.2, 0) is 19.4 Å². The number of aryl methyl sites for hydroxylation is 1. The molecule has 1 spiro atoms. The highest BCUT2D eigenvalue weighted by Gasteiger charge is 2.41. The lowest BCUT2D eigenvalue weighted by molar-refractivity contribution is 0.0267. The normalized spacial score (nSPS) is 22.9. The monoisotopic (exact) mass is 357 g/mol. The third-order valence-electron chi connectivity index (χ3n) is 6.00. The number of likely N-dealkylation sites (tertiary alicyclic amines) is 1. The summed E-state index contributed by atoms with van der Waals surface area (Å²) in [7, 11) is 1.76. The molecule has 0 amide bonds. The first kappa shape index (κ1) is 18.3. The molecule has 2 aromatic rings.